The van der Waals surface area contributed by atoms with Crippen molar-refractivity contribution in [3.05, 3.63) is 102 Å². The molecule has 0 aliphatic carbocycles. The van der Waals surface area contributed by atoms with Crippen LogP contribution in [-0.4, -0.2) is 30.2 Å². The molecule has 1 unspecified atom stereocenters. The summed E-state index contributed by atoms with van der Waals surface area (Å²) in [6, 6.07) is 29.0. The molecular weight excluding hydrogens is 406 g/mol. The Morgan fingerprint density at radius 2 is 1.42 bits per heavy atom. The molecule has 1 saturated heterocycles. The van der Waals surface area contributed by atoms with Gasteiger partial charge in [0.15, 0.2) is 0 Å². The molecule has 0 bridgehead atoms. The monoisotopic (exact) mass is 437 g/mol. The molecule has 0 aromatic heterocycles. The van der Waals surface area contributed by atoms with E-state index in [4.69, 9.17) is 4.74 Å². The topological polar surface area (TPSA) is 32.7 Å². The van der Waals surface area contributed by atoms with Gasteiger partial charge in [-0.15, -0.1) is 12.4 Å². The van der Waals surface area contributed by atoms with Crippen LogP contribution in [0.2, 0.25) is 0 Å². The highest BCUT2D eigenvalue weighted by molar-refractivity contribution is 5.85. The molecule has 1 heterocycles. The van der Waals surface area contributed by atoms with E-state index in [-0.39, 0.29) is 18.3 Å². The van der Waals surface area contributed by atoms with Crippen molar-refractivity contribution in [1.29, 1.82) is 0 Å². The Morgan fingerprint density at radius 1 is 0.871 bits per heavy atom. The maximum absolute atomic E-state index is 12.1. The van der Waals surface area contributed by atoms with Crippen LogP contribution >= 0.6 is 12.4 Å². The van der Waals surface area contributed by atoms with E-state index in [2.05, 4.69) is 54.3 Å². The average molecular weight is 438 g/mol. The molecule has 4 heteroatoms. The minimum atomic E-state index is -0.964. The number of nitrogens with zero attached hydrogens (tertiary/aromatic N) is 1. The van der Waals surface area contributed by atoms with E-state index < -0.39 is 5.60 Å². The van der Waals surface area contributed by atoms with Gasteiger partial charge < -0.3 is 9.84 Å². The fourth-order valence-corrected chi connectivity index (χ4v) is 4.84. The summed E-state index contributed by atoms with van der Waals surface area (Å²) in [7, 11) is 1.71. The molecule has 1 aliphatic rings. The summed E-state index contributed by atoms with van der Waals surface area (Å²) in [5.74, 6) is 1.08. The van der Waals surface area contributed by atoms with Crippen LogP contribution in [0, 0.1) is 5.92 Å². The van der Waals surface area contributed by atoms with Crippen molar-refractivity contribution in [2.45, 2.75) is 31.4 Å². The van der Waals surface area contributed by atoms with Gasteiger partial charge in [-0.2, -0.15) is 0 Å². The smallest absolute Gasteiger partial charge is 0.119 e. The van der Waals surface area contributed by atoms with Crippen LogP contribution < -0.4 is 4.74 Å². The van der Waals surface area contributed by atoms with Crippen molar-refractivity contribution in [2.75, 3.05) is 20.2 Å². The molecule has 1 aliphatic heterocycles. The molecule has 3 aromatic rings. The van der Waals surface area contributed by atoms with Crippen LogP contribution in [0.15, 0.2) is 84.9 Å². The summed E-state index contributed by atoms with van der Waals surface area (Å²) >= 11 is 0. The molecule has 1 fully saturated rings. The zero-order valence-electron chi connectivity index (χ0n) is 18.3. The second-order valence-electron chi connectivity index (χ2n) is 8.26. The van der Waals surface area contributed by atoms with Gasteiger partial charge in [0.25, 0.3) is 0 Å². The Hall–Kier alpha value is -2.33. The van der Waals surface area contributed by atoms with Crippen molar-refractivity contribution in [3.8, 4) is 5.75 Å². The number of likely N-dealkylation sites (tertiary alicyclic amines) is 1. The predicted octanol–water partition coefficient (Wildman–Crippen LogP) is 5.83. The number of rotatable bonds is 6. The quantitative estimate of drug-likeness (QED) is 0.526. The molecule has 1 N–H and O–H groups in total. The largest absolute Gasteiger partial charge is 0.497 e. The molecule has 0 saturated carbocycles. The zero-order chi connectivity index (χ0) is 21.0. The number of aliphatic hydroxyl groups is 1. The number of hydrogen-bond acceptors (Lipinski definition) is 3. The number of benzene rings is 3. The van der Waals surface area contributed by atoms with Gasteiger partial charge >= 0.3 is 0 Å². The maximum Gasteiger partial charge on any atom is 0.119 e. The summed E-state index contributed by atoms with van der Waals surface area (Å²) in [4.78, 5) is 2.52. The van der Waals surface area contributed by atoms with Gasteiger partial charge in [0, 0.05) is 6.04 Å². The normalized spacial score (nSPS) is 16.4. The third-order valence-electron chi connectivity index (χ3n) is 6.67. The minimum Gasteiger partial charge on any atom is -0.497 e. The Kier molecular flexibility index (Phi) is 7.77. The molecule has 0 spiro atoms. The molecule has 4 rings (SSSR count). The van der Waals surface area contributed by atoms with Crippen molar-refractivity contribution in [2.24, 2.45) is 5.92 Å². The summed E-state index contributed by atoms with van der Waals surface area (Å²) in [5.41, 5.74) is 2.27. The van der Waals surface area contributed by atoms with Crippen molar-refractivity contribution in [1.82, 2.24) is 4.90 Å². The molecule has 164 valence electrons. The highest BCUT2D eigenvalue weighted by atomic mass is 35.5. The Morgan fingerprint density at radius 3 is 1.94 bits per heavy atom. The number of hydrogen-bond donors (Lipinski definition) is 1. The molecule has 3 nitrogen and oxygen atoms in total. The van der Waals surface area contributed by atoms with Crippen LogP contribution in [0.5, 0.6) is 5.75 Å². The molecule has 31 heavy (non-hydrogen) atoms. The Labute approximate surface area is 192 Å². The first-order valence-electron chi connectivity index (χ1n) is 10.8. The average Bonchev–Trinajstić information content (AvgIpc) is 2.84. The van der Waals surface area contributed by atoms with Crippen molar-refractivity contribution in [3.63, 3.8) is 0 Å². The lowest BCUT2D eigenvalue weighted by atomic mass is 9.72. The van der Waals surface area contributed by atoms with Crippen LogP contribution in [0.3, 0.4) is 0 Å². The number of ether oxygens (including phenoxy) is 1. The van der Waals surface area contributed by atoms with E-state index in [1.165, 1.54) is 5.56 Å². The van der Waals surface area contributed by atoms with Gasteiger partial charge in [-0.05, 0) is 67.6 Å². The molecule has 0 amide bonds. The van der Waals surface area contributed by atoms with Gasteiger partial charge in [0.05, 0.1) is 7.11 Å². The van der Waals surface area contributed by atoms with Crippen molar-refractivity contribution >= 4 is 12.4 Å². The van der Waals surface area contributed by atoms with Crippen LogP contribution in [0.25, 0.3) is 0 Å². The van der Waals surface area contributed by atoms with E-state index >= 15 is 0 Å². The first kappa shape index (κ1) is 23.3. The van der Waals surface area contributed by atoms with Crippen LogP contribution in [0.4, 0.5) is 0 Å². The molecular formula is C27H32ClNO2. The fourth-order valence-electron chi connectivity index (χ4n) is 4.84. The zero-order valence-corrected chi connectivity index (χ0v) is 19.1. The second-order valence-corrected chi connectivity index (χ2v) is 8.26. The lowest BCUT2D eigenvalue weighted by molar-refractivity contribution is -0.0195. The standard InChI is InChI=1S/C27H31NO2.ClH/c1-21(22-10-9-15-26(20-22)30-2)28-18-16-25(17-19-28)27(29,23-11-5-3-6-12-23)24-13-7-4-8-14-24;/h3-15,20-21,25,29H,16-19H2,1-2H3;1H. The third-order valence-corrected chi connectivity index (χ3v) is 6.67. The maximum atomic E-state index is 12.1. The van der Waals surface area contributed by atoms with Crippen molar-refractivity contribution < 1.29 is 9.84 Å². The molecule has 1 atom stereocenters. The van der Waals surface area contributed by atoms with E-state index in [0.717, 1.165) is 42.8 Å². The number of halogens is 1. The van der Waals surface area contributed by atoms with E-state index in [1.807, 2.05) is 42.5 Å². The summed E-state index contributed by atoms with van der Waals surface area (Å²) in [5, 5.41) is 12.1. The Bertz CT molecular complexity index is 900. The summed E-state index contributed by atoms with van der Waals surface area (Å²) in [6.07, 6.45) is 1.91. The SMILES string of the molecule is COc1cccc(C(C)N2CCC(C(O)(c3ccccc3)c3ccccc3)CC2)c1.Cl. The first-order chi connectivity index (χ1) is 14.6. The van der Waals surface area contributed by atoms with Gasteiger partial charge in [-0.3, -0.25) is 4.90 Å². The van der Waals surface area contributed by atoms with Gasteiger partial charge in [0.2, 0.25) is 0 Å². The van der Waals surface area contributed by atoms with Gasteiger partial charge in [0.1, 0.15) is 11.4 Å². The highest BCUT2D eigenvalue weighted by Gasteiger charge is 2.42. The lowest BCUT2D eigenvalue weighted by Crippen LogP contribution is -2.44. The molecule has 0 radical (unpaired) electrons. The first-order valence-corrected chi connectivity index (χ1v) is 10.8. The summed E-state index contributed by atoms with van der Waals surface area (Å²) in [6.45, 7) is 4.19. The van der Waals surface area contributed by atoms with Crippen LogP contribution in [-0.2, 0) is 5.60 Å². The minimum absolute atomic E-state index is 0. The van der Waals surface area contributed by atoms with E-state index in [0.29, 0.717) is 6.04 Å². The predicted molar refractivity (Wildman–Crippen MR) is 129 cm³/mol. The lowest BCUT2D eigenvalue weighted by Gasteiger charge is -2.44. The van der Waals surface area contributed by atoms with E-state index in [1.54, 1.807) is 7.11 Å². The summed E-state index contributed by atoms with van der Waals surface area (Å²) < 4.78 is 5.40. The Balaban J connectivity index is 0.00000272. The van der Waals surface area contributed by atoms with Crippen LogP contribution in [0.1, 0.15) is 42.5 Å². The second kappa shape index (κ2) is 10.3. The van der Waals surface area contributed by atoms with E-state index in [9.17, 15) is 5.11 Å². The fraction of sp³-hybridized carbons (Fsp3) is 0.333. The number of methoxy groups -OCH3 is 1. The van der Waals surface area contributed by atoms with Gasteiger partial charge in [-0.25, -0.2) is 0 Å². The number of piperidine rings is 1. The molecule has 3 aromatic carbocycles. The third kappa shape index (κ3) is 4.79. The highest BCUT2D eigenvalue weighted by Crippen LogP contribution is 2.43. The van der Waals surface area contributed by atoms with Gasteiger partial charge in [-0.1, -0.05) is 72.8 Å².